The first-order valence-corrected chi connectivity index (χ1v) is 4.95. The van der Waals surface area contributed by atoms with Gasteiger partial charge < -0.3 is 4.42 Å². The topological polar surface area (TPSA) is 49.8 Å². The van der Waals surface area contributed by atoms with E-state index in [4.69, 9.17) is 9.68 Å². The second-order valence-electron chi connectivity index (χ2n) is 3.76. The summed E-state index contributed by atoms with van der Waals surface area (Å²) in [7, 11) is 0. The van der Waals surface area contributed by atoms with E-state index in [9.17, 15) is 0 Å². The maximum Gasteiger partial charge on any atom is 0.196 e. The molecule has 0 N–H and O–H groups in total. The Morgan fingerprint density at radius 2 is 2.33 bits per heavy atom. The van der Waals surface area contributed by atoms with Gasteiger partial charge in [-0.25, -0.2) is 4.98 Å². The number of fused-ring (bicyclic) bond motifs is 1. The number of hydrogen-bond acceptors (Lipinski definition) is 3. The Bertz CT molecular complexity index is 522. The van der Waals surface area contributed by atoms with Crippen molar-refractivity contribution in [1.29, 1.82) is 5.26 Å². The number of hydrogen-bond donors (Lipinski definition) is 0. The lowest BCUT2D eigenvalue weighted by Crippen LogP contribution is -1.95. The lowest BCUT2D eigenvalue weighted by atomic mass is 10.1. The summed E-state index contributed by atoms with van der Waals surface area (Å²) >= 11 is 0. The third-order valence-electron chi connectivity index (χ3n) is 2.37. The highest BCUT2D eigenvalue weighted by atomic mass is 16.3. The Morgan fingerprint density at radius 1 is 1.53 bits per heavy atom. The highest BCUT2D eigenvalue weighted by Crippen LogP contribution is 2.20. The van der Waals surface area contributed by atoms with Gasteiger partial charge in [0, 0.05) is 6.42 Å². The molecule has 0 aliphatic rings. The third kappa shape index (κ3) is 1.84. The summed E-state index contributed by atoms with van der Waals surface area (Å²) in [6, 6.07) is 8.02. The van der Waals surface area contributed by atoms with Gasteiger partial charge in [-0.2, -0.15) is 5.26 Å². The molecule has 76 valence electrons. The van der Waals surface area contributed by atoms with Gasteiger partial charge in [0.2, 0.25) is 0 Å². The van der Waals surface area contributed by atoms with Gasteiger partial charge in [0.15, 0.2) is 11.5 Å². The zero-order valence-corrected chi connectivity index (χ0v) is 8.82. The fourth-order valence-electron chi connectivity index (χ4n) is 1.53. The van der Waals surface area contributed by atoms with Crippen LogP contribution in [0, 0.1) is 24.2 Å². The van der Waals surface area contributed by atoms with Crippen LogP contribution in [0.4, 0.5) is 0 Å². The molecule has 0 saturated carbocycles. The van der Waals surface area contributed by atoms with Crippen molar-refractivity contribution in [1.82, 2.24) is 4.98 Å². The SMILES string of the molecule is Cc1cccc2oc(CC(C)C#N)nc12. The van der Waals surface area contributed by atoms with E-state index in [2.05, 4.69) is 11.1 Å². The van der Waals surface area contributed by atoms with Gasteiger partial charge in [0.1, 0.15) is 5.52 Å². The molecular formula is C12H12N2O. The normalized spacial score (nSPS) is 12.6. The largest absolute Gasteiger partial charge is 0.441 e. The Labute approximate surface area is 88.3 Å². The zero-order chi connectivity index (χ0) is 10.8. The fourth-order valence-corrected chi connectivity index (χ4v) is 1.53. The van der Waals surface area contributed by atoms with Crippen LogP contribution in [0.3, 0.4) is 0 Å². The number of benzene rings is 1. The predicted octanol–water partition coefficient (Wildman–Crippen LogP) is 2.84. The number of nitrogens with zero attached hydrogens (tertiary/aromatic N) is 2. The standard InChI is InChI=1S/C12H12N2O/c1-8(7-13)6-11-14-12-9(2)4-3-5-10(12)15-11/h3-5,8H,6H2,1-2H3. The van der Waals surface area contributed by atoms with Crippen LogP contribution < -0.4 is 0 Å². The molecule has 0 spiro atoms. The number of aromatic nitrogens is 1. The van der Waals surface area contributed by atoms with Gasteiger partial charge in [-0.3, -0.25) is 0 Å². The summed E-state index contributed by atoms with van der Waals surface area (Å²) in [6.07, 6.45) is 0.574. The van der Waals surface area contributed by atoms with Crippen LogP contribution in [0.5, 0.6) is 0 Å². The maximum atomic E-state index is 8.71. The molecule has 3 heteroatoms. The molecule has 1 aromatic heterocycles. The summed E-state index contributed by atoms with van der Waals surface area (Å²) in [5.74, 6) is 0.590. The molecule has 1 unspecified atom stereocenters. The van der Waals surface area contributed by atoms with Crippen molar-refractivity contribution < 1.29 is 4.42 Å². The Kier molecular flexibility index (Phi) is 2.42. The molecule has 1 heterocycles. The van der Waals surface area contributed by atoms with E-state index in [0.29, 0.717) is 12.3 Å². The van der Waals surface area contributed by atoms with Crippen LogP contribution in [0.15, 0.2) is 22.6 Å². The Balaban J connectivity index is 2.40. The van der Waals surface area contributed by atoms with Crippen LogP contribution in [0.1, 0.15) is 18.4 Å². The van der Waals surface area contributed by atoms with Crippen LogP contribution in [0.25, 0.3) is 11.1 Å². The van der Waals surface area contributed by atoms with Crippen LogP contribution >= 0.6 is 0 Å². The molecule has 0 amide bonds. The molecule has 15 heavy (non-hydrogen) atoms. The summed E-state index contributed by atoms with van der Waals surface area (Å²) in [5.41, 5.74) is 2.81. The van der Waals surface area contributed by atoms with E-state index in [0.717, 1.165) is 16.7 Å². The summed E-state index contributed by atoms with van der Waals surface area (Å²) in [4.78, 5) is 4.38. The quantitative estimate of drug-likeness (QED) is 0.748. The summed E-state index contributed by atoms with van der Waals surface area (Å²) < 4.78 is 5.56. The predicted molar refractivity (Wildman–Crippen MR) is 57.2 cm³/mol. The van der Waals surface area contributed by atoms with Crippen molar-refractivity contribution in [3.05, 3.63) is 29.7 Å². The van der Waals surface area contributed by atoms with Crippen molar-refractivity contribution in [2.45, 2.75) is 20.3 Å². The number of rotatable bonds is 2. The van der Waals surface area contributed by atoms with E-state index in [1.54, 1.807) is 0 Å². The molecular weight excluding hydrogens is 188 g/mol. The van der Waals surface area contributed by atoms with Gasteiger partial charge in [0.05, 0.1) is 12.0 Å². The van der Waals surface area contributed by atoms with E-state index in [-0.39, 0.29) is 5.92 Å². The number of aryl methyl sites for hydroxylation is 1. The van der Waals surface area contributed by atoms with E-state index >= 15 is 0 Å². The minimum absolute atomic E-state index is 0.0571. The van der Waals surface area contributed by atoms with Gasteiger partial charge in [-0.1, -0.05) is 12.1 Å². The molecule has 0 aliphatic carbocycles. The van der Waals surface area contributed by atoms with Gasteiger partial charge in [-0.15, -0.1) is 0 Å². The minimum atomic E-state index is -0.0571. The van der Waals surface area contributed by atoms with Crippen molar-refractivity contribution in [3.63, 3.8) is 0 Å². The fraction of sp³-hybridized carbons (Fsp3) is 0.333. The van der Waals surface area contributed by atoms with Crippen LogP contribution in [-0.4, -0.2) is 4.98 Å². The van der Waals surface area contributed by atoms with Gasteiger partial charge in [0.25, 0.3) is 0 Å². The Hall–Kier alpha value is -1.82. The number of nitriles is 1. The first-order valence-electron chi connectivity index (χ1n) is 4.95. The molecule has 0 bridgehead atoms. The van der Waals surface area contributed by atoms with Crippen molar-refractivity contribution in [2.24, 2.45) is 5.92 Å². The highest BCUT2D eigenvalue weighted by molar-refractivity contribution is 5.76. The smallest absolute Gasteiger partial charge is 0.196 e. The first kappa shape index (κ1) is 9.72. The second kappa shape index (κ2) is 3.74. The molecule has 0 fully saturated rings. The van der Waals surface area contributed by atoms with E-state index < -0.39 is 0 Å². The van der Waals surface area contributed by atoms with Crippen LogP contribution in [0.2, 0.25) is 0 Å². The Morgan fingerprint density at radius 3 is 3.00 bits per heavy atom. The molecule has 1 aromatic carbocycles. The molecule has 2 aromatic rings. The lowest BCUT2D eigenvalue weighted by molar-refractivity contribution is 0.502. The molecule has 2 rings (SSSR count). The molecule has 0 aliphatic heterocycles. The van der Waals surface area contributed by atoms with Crippen molar-refractivity contribution in [2.75, 3.05) is 0 Å². The van der Waals surface area contributed by atoms with E-state index in [1.165, 1.54) is 0 Å². The van der Waals surface area contributed by atoms with Crippen molar-refractivity contribution >= 4 is 11.1 Å². The molecule has 0 saturated heterocycles. The van der Waals surface area contributed by atoms with Gasteiger partial charge >= 0.3 is 0 Å². The third-order valence-corrected chi connectivity index (χ3v) is 2.37. The second-order valence-corrected chi connectivity index (χ2v) is 3.76. The zero-order valence-electron chi connectivity index (χ0n) is 8.82. The molecule has 0 radical (unpaired) electrons. The maximum absolute atomic E-state index is 8.71. The highest BCUT2D eigenvalue weighted by Gasteiger charge is 2.10. The van der Waals surface area contributed by atoms with Crippen LogP contribution in [-0.2, 0) is 6.42 Å². The number of para-hydroxylation sites is 1. The molecule has 1 atom stereocenters. The average molecular weight is 200 g/mol. The number of oxazole rings is 1. The minimum Gasteiger partial charge on any atom is -0.441 e. The molecule has 3 nitrogen and oxygen atoms in total. The first-order chi connectivity index (χ1) is 7.20. The summed E-state index contributed by atoms with van der Waals surface area (Å²) in [5, 5.41) is 8.71. The van der Waals surface area contributed by atoms with E-state index in [1.807, 2.05) is 32.0 Å². The monoisotopic (exact) mass is 200 g/mol. The van der Waals surface area contributed by atoms with Crippen molar-refractivity contribution in [3.8, 4) is 6.07 Å². The lowest BCUT2D eigenvalue weighted by Gasteiger charge is -1.94. The summed E-state index contributed by atoms with van der Waals surface area (Å²) in [6.45, 7) is 3.87. The average Bonchev–Trinajstić information content (AvgIpc) is 2.62. The van der Waals surface area contributed by atoms with Gasteiger partial charge in [-0.05, 0) is 25.5 Å².